The quantitative estimate of drug-likeness (QED) is 0.0259. The molecule has 10 atom stereocenters. The molecule has 0 aliphatic carbocycles. The van der Waals surface area contributed by atoms with Gasteiger partial charge in [-0.2, -0.15) is 0 Å². The van der Waals surface area contributed by atoms with Crippen LogP contribution in [0, 0.1) is 17.7 Å². The maximum atomic E-state index is 14.6. The number of ether oxygens (including phenoxy) is 7. The van der Waals surface area contributed by atoms with Gasteiger partial charge < -0.3 is 42.0 Å². The molecule has 3 aliphatic heterocycles. The molecule has 0 amide bonds. The van der Waals surface area contributed by atoms with E-state index in [2.05, 4.69) is 124 Å². The lowest BCUT2D eigenvalue weighted by atomic mass is 9.80. The second-order valence-electron chi connectivity index (χ2n) is 26.0. The molecule has 3 saturated heterocycles. The summed E-state index contributed by atoms with van der Waals surface area (Å²) in [4.78, 5) is -0.0701. The van der Waals surface area contributed by atoms with Crippen LogP contribution in [0.4, 0.5) is 4.39 Å². The SMILES string of the molecule is C=C1C[C@H](CCCOC(c2ccccc2)(c2ccc(OC)cc2)c2ccc(OC)cc2)O[C@H]1CC[C@H]1C[C@@H](C)C(=C)[C@@H](C[C@@H]2O[C@H](C[C@@H](CO[Si](C)(C)C(C)(C)C)O[Si](C)(C)C(C)(C)C)[C@H](OC)[C@H]2CS(=O)(=O)c2cccc(F)c2)O1. The Kier molecular flexibility index (Phi) is 21.5. The van der Waals surface area contributed by atoms with E-state index in [9.17, 15) is 12.8 Å². The monoisotopic (exact) mass is 1170 g/mol. The fraction of sp³-hybridized carbons (Fsp3) is 0.576. The molecule has 0 aromatic heterocycles. The van der Waals surface area contributed by atoms with Crippen LogP contribution in [0.15, 0.2) is 132 Å². The molecule has 3 aliphatic rings. The topological polar surface area (TPSA) is 117 Å². The summed E-state index contributed by atoms with van der Waals surface area (Å²) in [6.45, 7) is 34.5. The average Bonchev–Trinajstić information content (AvgIpc) is 4.09. The molecule has 3 fully saturated rings. The molecule has 0 unspecified atom stereocenters. The van der Waals surface area contributed by atoms with Crippen LogP contribution in [0.3, 0.4) is 0 Å². The number of halogens is 1. The lowest BCUT2D eigenvalue weighted by Crippen LogP contribution is -2.49. The zero-order valence-electron chi connectivity index (χ0n) is 51.1. The van der Waals surface area contributed by atoms with Gasteiger partial charge in [-0.3, -0.25) is 0 Å². The van der Waals surface area contributed by atoms with E-state index in [0.717, 1.165) is 83.9 Å². The van der Waals surface area contributed by atoms with E-state index in [-0.39, 0.29) is 51.1 Å². The van der Waals surface area contributed by atoms with Crippen molar-refractivity contribution < 1.29 is 54.8 Å². The minimum Gasteiger partial charge on any atom is -0.497 e. The van der Waals surface area contributed by atoms with Crippen molar-refractivity contribution in [3.8, 4) is 11.5 Å². The van der Waals surface area contributed by atoms with E-state index in [0.29, 0.717) is 26.1 Å². The maximum absolute atomic E-state index is 14.6. The summed E-state index contributed by atoms with van der Waals surface area (Å²) in [5.41, 5.74) is 4.14. The lowest BCUT2D eigenvalue weighted by Gasteiger charge is -2.42. The molecule has 4 aromatic rings. The summed E-state index contributed by atoms with van der Waals surface area (Å²) >= 11 is 0. The van der Waals surface area contributed by atoms with Gasteiger partial charge in [0.1, 0.15) is 22.9 Å². The Morgan fingerprint density at radius 1 is 0.704 bits per heavy atom. The van der Waals surface area contributed by atoms with Gasteiger partial charge in [-0.05, 0) is 151 Å². The number of rotatable bonds is 26. The highest BCUT2D eigenvalue weighted by Crippen LogP contribution is 2.46. The third-order valence-corrected chi connectivity index (χ3v) is 29.2. The van der Waals surface area contributed by atoms with E-state index < -0.39 is 68.2 Å². The predicted molar refractivity (Wildman–Crippen MR) is 327 cm³/mol. The minimum absolute atomic E-state index is 0.00481. The molecular formula is C66H95FO11SSi2. The van der Waals surface area contributed by atoms with Crippen LogP contribution in [0.1, 0.15) is 117 Å². The van der Waals surface area contributed by atoms with Crippen LogP contribution >= 0.6 is 0 Å². The summed E-state index contributed by atoms with van der Waals surface area (Å²) in [6.07, 6.45) is 2.83. The summed E-state index contributed by atoms with van der Waals surface area (Å²) in [5, 5.41) is -0.0831. The smallest absolute Gasteiger partial charge is 0.192 e. The minimum atomic E-state index is -3.99. The number of sulfone groups is 1. The number of hydrogen-bond donors (Lipinski definition) is 0. The highest BCUT2D eigenvalue weighted by molar-refractivity contribution is 7.91. The Morgan fingerprint density at radius 2 is 1.30 bits per heavy atom. The van der Waals surface area contributed by atoms with Crippen molar-refractivity contribution in [1.29, 1.82) is 0 Å². The van der Waals surface area contributed by atoms with E-state index >= 15 is 0 Å². The van der Waals surface area contributed by atoms with Gasteiger partial charge in [0.2, 0.25) is 0 Å². The van der Waals surface area contributed by atoms with E-state index in [1.165, 1.54) is 18.2 Å². The van der Waals surface area contributed by atoms with Crippen molar-refractivity contribution in [1.82, 2.24) is 0 Å². The normalized spacial score (nSPS) is 24.6. The Hall–Kier alpha value is -4.01. The van der Waals surface area contributed by atoms with E-state index in [1.54, 1.807) is 21.3 Å². The van der Waals surface area contributed by atoms with Gasteiger partial charge in [-0.25, -0.2) is 12.8 Å². The zero-order chi connectivity index (χ0) is 59.1. The third kappa shape index (κ3) is 15.7. The first-order valence-electron chi connectivity index (χ1n) is 29.3. The molecule has 0 radical (unpaired) electrons. The fourth-order valence-electron chi connectivity index (χ4n) is 11.4. The van der Waals surface area contributed by atoms with Crippen molar-refractivity contribution in [2.24, 2.45) is 11.8 Å². The summed E-state index contributed by atoms with van der Waals surface area (Å²) in [6, 6.07) is 31.8. The van der Waals surface area contributed by atoms with E-state index in [4.69, 9.17) is 42.0 Å². The van der Waals surface area contributed by atoms with E-state index in [1.807, 2.05) is 42.5 Å². The standard InChI is InChI=1S/C66H95FO11SSi2/c1-45-38-55(35-36-59-46(2)39-54(75-59)25-21-37-73-66(48-22-18-17-19-23-48,49-27-31-52(70-10)32-28-49)50-29-33-53(71-11)34-30-50)76-60(47(45)3)42-61-58(44-79(68,69)57-26-20-24-51(67)40-57)63(72-12)62(77-61)41-56(78-81(15,16)65(7,8)9)43-74-80(13,14)64(4,5)6/h17-20,22-24,26-34,40,45,54-56,58-63H,2-3,21,25,35-39,41-44H2,1,4-16H3/t45-,54+,55+,56+,58+,59+,60-,61+,62-,63-/m1/s1. The maximum Gasteiger partial charge on any atom is 0.192 e. The Labute approximate surface area is 487 Å². The second kappa shape index (κ2) is 26.9. The Balaban J connectivity index is 1.03. The van der Waals surface area contributed by atoms with Crippen LogP contribution in [0.25, 0.3) is 0 Å². The highest BCUT2D eigenvalue weighted by atomic mass is 32.2. The van der Waals surface area contributed by atoms with Gasteiger partial charge in [0.25, 0.3) is 0 Å². The first-order chi connectivity index (χ1) is 38.1. The Morgan fingerprint density at radius 3 is 1.86 bits per heavy atom. The summed E-state index contributed by atoms with van der Waals surface area (Å²) in [5.74, 6) is 0.174. The van der Waals surface area contributed by atoms with Crippen LogP contribution in [0.2, 0.25) is 36.3 Å². The first kappa shape index (κ1) is 64.6. The molecule has 7 rings (SSSR count). The Bertz CT molecular complexity index is 2750. The average molecular weight is 1170 g/mol. The van der Waals surface area contributed by atoms with Gasteiger partial charge in [-0.1, -0.05) is 122 Å². The van der Waals surface area contributed by atoms with Gasteiger partial charge in [0, 0.05) is 32.5 Å². The van der Waals surface area contributed by atoms with Gasteiger partial charge in [0.05, 0.1) is 80.3 Å². The molecule has 0 saturated carbocycles. The molecule has 15 heteroatoms. The predicted octanol–water partition coefficient (Wildman–Crippen LogP) is 14.8. The number of hydrogen-bond acceptors (Lipinski definition) is 11. The van der Waals surface area contributed by atoms with Gasteiger partial charge >= 0.3 is 0 Å². The van der Waals surface area contributed by atoms with Crippen molar-refractivity contribution in [2.75, 3.05) is 40.3 Å². The molecule has 0 spiro atoms. The number of benzene rings is 4. The molecule has 4 aromatic carbocycles. The zero-order valence-corrected chi connectivity index (χ0v) is 53.9. The van der Waals surface area contributed by atoms with Crippen LogP contribution in [0.5, 0.6) is 11.5 Å². The molecule has 0 bridgehead atoms. The lowest BCUT2D eigenvalue weighted by molar-refractivity contribution is -0.0783. The molecule has 81 heavy (non-hydrogen) atoms. The van der Waals surface area contributed by atoms with Crippen molar-refractivity contribution in [3.05, 3.63) is 150 Å². The fourth-order valence-corrected chi connectivity index (χ4v) is 15.5. The van der Waals surface area contributed by atoms with Crippen LogP contribution in [-0.2, 0) is 48.0 Å². The van der Waals surface area contributed by atoms with Crippen molar-refractivity contribution in [3.63, 3.8) is 0 Å². The van der Waals surface area contributed by atoms with Gasteiger partial charge in [-0.15, -0.1) is 0 Å². The van der Waals surface area contributed by atoms with Crippen molar-refractivity contribution >= 4 is 26.5 Å². The van der Waals surface area contributed by atoms with Crippen LogP contribution in [-0.4, -0.2) is 114 Å². The van der Waals surface area contributed by atoms with Crippen molar-refractivity contribution in [2.45, 2.75) is 195 Å². The van der Waals surface area contributed by atoms with Crippen LogP contribution < -0.4 is 9.47 Å². The summed E-state index contributed by atoms with van der Waals surface area (Å²) in [7, 11) is -3.54. The highest BCUT2D eigenvalue weighted by Gasteiger charge is 2.51. The molecule has 0 N–H and O–H groups in total. The summed E-state index contributed by atoms with van der Waals surface area (Å²) < 4.78 is 103. The van der Waals surface area contributed by atoms with Gasteiger partial charge in [0.15, 0.2) is 26.5 Å². The third-order valence-electron chi connectivity index (χ3n) is 18.3. The molecular weight excluding hydrogens is 1080 g/mol. The first-order valence-corrected chi connectivity index (χ1v) is 36.7. The molecule has 11 nitrogen and oxygen atoms in total. The number of methoxy groups -OCH3 is 3. The largest absolute Gasteiger partial charge is 0.497 e. The molecule has 446 valence electrons. The second-order valence-corrected chi connectivity index (χ2v) is 37.6. The molecule has 3 heterocycles.